The van der Waals surface area contributed by atoms with Crippen molar-refractivity contribution in [3.05, 3.63) is 62.8 Å². The van der Waals surface area contributed by atoms with Crippen LogP contribution in [-0.2, 0) is 17.4 Å². The number of carbonyl (C=O) groups is 2. The van der Waals surface area contributed by atoms with Gasteiger partial charge in [0.15, 0.2) is 5.78 Å². The van der Waals surface area contributed by atoms with Gasteiger partial charge in [-0.05, 0) is 36.6 Å². The number of benzene rings is 1. The molecule has 0 bridgehead atoms. The number of alkyl halides is 3. The maximum atomic E-state index is 14.5. The predicted octanol–water partition coefficient (Wildman–Crippen LogP) is 2.36. The molecule has 2 fully saturated rings. The predicted molar refractivity (Wildman–Crippen MR) is 104 cm³/mol. The molecule has 32 heavy (non-hydrogen) atoms. The number of H-pyrrole nitrogens is 1. The molecule has 1 aromatic heterocycles. The van der Waals surface area contributed by atoms with Crippen molar-refractivity contribution in [2.24, 2.45) is 0 Å². The summed E-state index contributed by atoms with van der Waals surface area (Å²) in [7, 11) is 0. The van der Waals surface area contributed by atoms with E-state index in [1.54, 1.807) is 0 Å². The van der Waals surface area contributed by atoms with Crippen LogP contribution in [0.1, 0.15) is 46.4 Å². The van der Waals surface area contributed by atoms with Crippen molar-refractivity contribution in [1.82, 2.24) is 20.0 Å². The van der Waals surface area contributed by atoms with Crippen molar-refractivity contribution in [1.29, 1.82) is 0 Å². The van der Waals surface area contributed by atoms with Crippen molar-refractivity contribution in [3.63, 3.8) is 0 Å². The summed E-state index contributed by atoms with van der Waals surface area (Å²) in [5.74, 6) is -1.54. The van der Waals surface area contributed by atoms with Gasteiger partial charge in [-0.15, -0.1) is 0 Å². The van der Waals surface area contributed by atoms with Crippen LogP contribution in [0.15, 0.2) is 29.1 Å². The number of amides is 1. The number of aromatic nitrogens is 2. The molecule has 2 aromatic rings. The third kappa shape index (κ3) is 4.43. The average molecular weight is 452 g/mol. The van der Waals surface area contributed by atoms with Crippen molar-refractivity contribution >= 4 is 11.7 Å². The first-order valence-corrected chi connectivity index (χ1v) is 10.1. The van der Waals surface area contributed by atoms with Crippen molar-refractivity contribution in [2.45, 2.75) is 37.9 Å². The minimum atomic E-state index is -4.84. The highest BCUT2D eigenvalue weighted by atomic mass is 19.4. The lowest BCUT2D eigenvalue weighted by atomic mass is 9.96. The van der Waals surface area contributed by atoms with E-state index in [0.29, 0.717) is 18.2 Å². The van der Waals surface area contributed by atoms with E-state index in [9.17, 15) is 31.9 Å². The lowest BCUT2D eigenvalue weighted by Gasteiger charge is -2.42. The zero-order valence-corrected chi connectivity index (χ0v) is 16.9. The van der Waals surface area contributed by atoms with Crippen LogP contribution in [0.2, 0.25) is 0 Å². The maximum Gasteiger partial charge on any atom is 0.421 e. The monoisotopic (exact) mass is 452 g/mol. The van der Waals surface area contributed by atoms with E-state index in [1.165, 1.54) is 17.0 Å². The van der Waals surface area contributed by atoms with Gasteiger partial charge in [-0.1, -0.05) is 12.5 Å². The highest BCUT2D eigenvalue weighted by Crippen LogP contribution is 2.27. The summed E-state index contributed by atoms with van der Waals surface area (Å²) < 4.78 is 53.4. The van der Waals surface area contributed by atoms with Crippen molar-refractivity contribution < 1.29 is 27.2 Å². The van der Waals surface area contributed by atoms with Crippen LogP contribution in [0.4, 0.5) is 17.6 Å². The standard InChI is InChI=1S/C21H20F4N4O3/c22-16-5-4-12(7-13-9-15(21(23,24)25)19(31)27-26-13)8-14(16)20(32)29-10-18(30)17-3-1-2-6-28(17)11-29/h4-5,8-9,17H,1-3,6-7,10-11H2,(H,27,31)/t17-/m0/s1. The number of fused-ring (bicyclic) bond motifs is 1. The topological polar surface area (TPSA) is 86.4 Å². The molecule has 1 amide bonds. The summed E-state index contributed by atoms with van der Waals surface area (Å²) >= 11 is 0. The fourth-order valence-electron chi connectivity index (χ4n) is 4.20. The molecule has 170 valence electrons. The van der Waals surface area contributed by atoms with E-state index in [2.05, 4.69) is 5.10 Å². The Morgan fingerprint density at radius 2 is 1.97 bits per heavy atom. The smallest absolute Gasteiger partial charge is 0.318 e. The van der Waals surface area contributed by atoms with Crippen LogP contribution >= 0.6 is 0 Å². The number of Topliss-reactive ketones (excluding diaryl/α,β-unsaturated/α-hetero) is 1. The number of ketones is 1. The third-order valence-electron chi connectivity index (χ3n) is 5.78. The van der Waals surface area contributed by atoms with E-state index in [0.717, 1.165) is 25.3 Å². The molecule has 4 rings (SSSR count). The summed E-state index contributed by atoms with van der Waals surface area (Å²) in [6, 6.07) is 4.04. The first-order valence-electron chi connectivity index (χ1n) is 10.1. The molecule has 0 saturated carbocycles. The van der Waals surface area contributed by atoms with Crippen LogP contribution in [0.3, 0.4) is 0 Å². The van der Waals surface area contributed by atoms with Crippen LogP contribution in [-0.4, -0.2) is 57.5 Å². The molecule has 2 saturated heterocycles. The van der Waals surface area contributed by atoms with Crippen molar-refractivity contribution in [2.75, 3.05) is 19.8 Å². The molecule has 0 radical (unpaired) electrons. The second kappa shape index (κ2) is 8.45. The Bertz CT molecular complexity index is 1110. The molecule has 0 unspecified atom stereocenters. The molecule has 0 aliphatic carbocycles. The Morgan fingerprint density at radius 3 is 2.72 bits per heavy atom. The van der Waals surface area contributed by atoms with Gasteiger partial charge in [-0.2, -0.15) is 18.3 Å². The average Bonchev–Trinajstić information content (AvgIpc) is 2.75. The van der Waals surface area contributed by atoms with Crippen LogP contribution in [0.25, 0.3) is 0 Å². The zero-order valence-electron chi connectivity index (χ0n) is 16.9. The van der Waals surface area contributed by atoms with E-state index in [-0.39, 0.29) is 42.7 Å². The molecule has 1 aromatic carbocycles. The molecule has 1 N–H and O–H groups in total. The lowest BCUT2D eigenvalue weighted by Crippen LogP contribution is -2.59. The summed E-state index contributed by atoms with van der Waals surface area (Å²) in [6.45, 7) is 0.789. The Kier molecular flexibility index (Phi) is 5.85. The number of nitrogens with zero attached hydrogens (tertiary/aromatic N) is 3. The van der Waals surface area contributed by atoms with Gasteiger partial charge in [-0.25, -0.2) is 9.49 Å². The van der Waals surface area contributed by atoms with Gasteiger partial charge in [0, 0.05) is 13.0 Å². The Hall–Kier alpha value is -3.08. The van der Waals surface area contributed by atoms with Crippen molar-refractivity contribution in [3.8, 4) is 0 Å². The number of rotatable bonds is 3. The maximum absolute atomic E-state index is 14.5. The number of aromatic amines is 1. The summed E-state index contributed by atoms with van der Waals surface area (Å²) in [4.78, 5) is 40.0. The highest BCUT2D eigenvalue weighted by molar-refractivity contribution is 5.98. The fourth-order valence-corrected chi connectivity index (χ4v) is 4.20. The van der Waals surface area contributed by atoms with Gasteiger partial charge in [0.2, 0.25) is 0 Å². The SMILES string of the molecule is O=C1CN(C(=O)c2cc(Cc3cc(C(F)(F)F)c(=O)[nH]n3)ccc2F)CN2CCCC[C@@H]12. The van der Waals surface area contributed by atoms with E-state index < -0.39 is 29.0 Å². The number of halogens is 4. The fraction of sp³-hybridized carbons (Fsp3) is 0.429. The van der Waals surface area contributed by atoms with Gasteiger partial charge in [0.1, 0.15) is 11.4 Å². The van der Waals surface area contributed by atoms with Gasteiger partial charge >= 0.3 is 6.18 Å². The second-order valence-corrected chi connectivity index (χ2v) is 8.03. The number of piperidine rings is 1. The summed E-state index contributed by atoms with van der Waals surface area (Å²) in [6.07, 6.45) is -2.39. The van der Waals surface area contributed by atoms with Crippen LogP contribution in [0.5, 0.6) is 0 Å². The van der Waals surface area contributed by atoms with Gasteiger partial charge in [0.25, 0.3) is 11.5 Å². The van der Waals surface area contributed by atoms with E-state index in [4.69, 9.17) is 0 Å². The minimum Gasteiger partial charge on any atom is -0.318 e. The van der Waals surface area contributed by atoms with Gasteiger partial charge < -0.3 is 4.90 Å². The summed E-state index contributed by atoms with van der Waals surface area (Å²) in [5.41, 5.74) is -2.77. The largest absolute Gasteiger partial charge is 0.421 e. The second-order valence-electron chi connectivity index (χ2n) is 8.03. The molecule has 2 aliphatic heterocycles. The molecular weight excluding hydrogens is 432 g/mol. The van der Waals surface area contributed by atoms with Crippen LogP contribution < -0.4 is 5.56 Å². The number of carbonyl (C=O) groups excluding carboxylic acids is 2. The van der Waals surface area contributed by atoms with E-state index in [1.807, 2.05) is 10.00 Å². The van der Waals surface area contributed by atoms with E-state index >= 15 is 0 Å². The molecule has 7 nitrogen and oxygen atoms in total. The number of nitrogens with one attached hydrogen (secondary N) is 1. The molecule has 2 aliphatic rings. The Morgan fingerprint density at radius 1 is 1.19 bits per heavy atom. The molecule has 3 heterocycles. The lowest BCUT2D eigenvalue weighted by molar-refractivity contribution is -0.138. The normalized spacial score (nSPS) is 19.7. The highest BCUT2D eigenvalue weighted by Gasteiger charge is 2.37. The molecular formula is C21H20F4N4O3. The number of hydrogen-bond donors (Lipinski definition) is 1. The molecule has 1 atom stereocenters. The Balaban J connectivity index is 1.56. The summed E-state index contributed by atoms with van der Waals surface area (Å²) in [5, 5.41) is 5.42. The first-order chi connectivity index (χ1) is 15.1. The molecule has 11 heteroatoms. The van der Waals surface area contributed by atoms with Crippen LogP contribution in [0, 0.1) is 5.82 Å². The quantitative estimate of drug-likeness (QED) is 0.723. The zero-order chi connectivity index (χ0) is 23.0. The first kappa shape index (κ1) is 22.1. The third-order valence-corrected chi connectivity index (χ3v) is 5.78. The minimum absolute atomic E-state index is 0.0852. The van der Waals surface area contributed by atoms with Gasteiger partial charge in [-0.3, -0.25) is 19.3 Å². The Labute approximate surface area is 180 Å². The molecule has 0 spiro atoms. The van der Waals surface area contributed by atoms with Gasteiger partial charge in [0.05, 0.1) is 30.5 Å². The number of hydrogen-bond acceptors (Lipinski definition) is 5.